The molecular formula is C17H20N2O2. The SMILES string of the molecule is CC(=O)N(C)N(C)C(=O)C(C)c1cccc2ccccc12. The molecule has 0 aliphatic rings. The molecule has 0 radical (unpaired) electrons. The number of amides is 2. The van der Waals surface area contributed by atoms with Crippen molar-refractivity contribution in [3.63, 3.8) is 0 Å². The first-order chi connectivity index (χ1) is 9.93. The fourth-order valence-corrected chi connectivity index (χ4v) is 2.40. The van der Waals surface area contributed by atoms with Crippen LogP contribution in [0.5, 0.6) is 0 Å². The molecule has 0 aliphatic heterocycles. The molecule has 0 heterocycles. The highest BCUT2D eigenvalue weighted by molar-refractivity contribution is 5.93. The smallest absolute Gasteiger partial charge is 0.248 e. The summed E-state index contributed by atoms with van der Waals surface area (Å²) >= 11 is 0. The van der Waals surface area contributed by atoms with Gasteiger partial charge in [-0.1, -0.05) is 42.5 Å². The van der Waals surface area contributed by atoms with Crippen LogP contribution in [0.1, 0.15) is 25.3 Å². The van der Waals surface area contributed by atoms with Crippen LogP contribution in [0, 0.1) is 0 Å². The number of rotatable bonds is 2. The number of benzene rings is 2. The van der Waals surface area contributed by atoms with Crippen LogP contribution in [0.2, 0.25) is 0 Å². The molecule has 0 N–H and O–H groups in total. The van der Waals surface area contributed by atoms with Crippen molar-refractivity contribution in [2.24, 2.45) is 0 Å². The van der Waals surface area contributed by atoms with Crippen LogP contribution in [0.3, 0.4) is 0 Å². The second-order valence-corrected chi connectivity index (χ2v) is 5.19. The van der Waals surface area contributed by atoms with E-state index < -0.39 is 0 Å². The van der Waals surface area contributed by atoms with Crippen LogP contribution in [0.4, 0.5) is 0 Å². The number of carbonyl (C=O) groups is 2. The van der Waals surface area contributed by atoms with Gasteiger partial charge in [-0.05, 0) is 23.3 Å². The normalized spacial score (nSPS) is 12.0. The van der Waals surface area contributed by atoms with Crippen LogP contribution in [0.15, 0.2) is 42.5 Å². The van der Waals surface area contributed by atoms with Gasteiger partial charge in [-0.3, -0.25) is 19.6 Å². The summed E-state index contributed by atoms with van der Waals surface area (Å²) in [6, 6.07) is 13.9. The molecule has 4 heteroatoms. The number of fused-ring (bicyclic) bond motifs is 1. The highest BCUT2D eigenvalue weighted by atomic mass is 16.2. The van der Waals surface area contributed by atoms with E-state index >= 15 is 0 Å². The predicted octanol–water partition coefficient (Wildman–Crippen LogP) is 2.80. The summed E-state index contributed by atoms with van der Waals surface area (Å²) in [5.74, 6) is -0.595. The van der Waals surface area contributed by atoms with Gasteiger partial charge in [-0.2, -0.15) is 0 Å². The molecule has 1 unspecified atom stereocenters. The van der Waals surface area contributed by atoms with E-state index in [0.717, 1.165) is 16.3 Å². The number of hydrazine groups is 1. The van der Waals surface area contributed by atoms with E-state index in [1.165, 1.54) is 16.9 Å². The van der Waals surface area contributed by atoms with Gasteiger partial charge in [-0.15, -0.1) is 0 Å². The Balaban J connectivity index is 2.36. The van der Waals surface area contributed by atoms with Gasteiger partial charge in [0.25, 0.3) is 0 Å². The molecule has 2 amide bonds. The maximum Gasteiger partial charge on any atom is 0.248 e. The lowest BCUT2D eigenvalue weighted by atomic mass is 9.94. The lowest BCUT2D eigenvalue weighted by Crippen LogP contribution is -2.45. The molecule has 1 atom stereocenters. The Kier molecular flexibility index (Phi) is 4.26. The van der Waals surface area contributed by atoms with E-state index in [0.29, 0.717) is 0 Å². The van der Waals surface area contributed by atoms with E-state index in [2.05, 4.69) is 0 Å². The van der Waals surface area contributed by atoms with Crippen LogP contribution in [-0.4, -0.2) is 35.9 Å². The monoisotopic (exact) mass is 284 g/mol. The third kappa shape index (κ3) is 2.89. The van der Waals surface area contributed by atoms with Crippen molar-refractivity contribution in [3.05, 3.63) is 48.0 Å². The molecule has 0 fully saturated rings. The van der Waals surface area contributed by atoms with Gasteiger partial charge in [0.05, 0.1) is 5.92 Å². The summed E-state index contributed by atoms with van der Waals surface area (Å²) in [6.07, 6.45) is 0. The van der Waals surface area contributed by atoms with Crippen LogP contribution in [0.25, 0.3) is 10.8 Å². The van der Waals surface area contributed by atoms with E-state index in [1.807, 2.05) is 49.4 Å². The second-order valence-electron chi connectivity index (χ2n) is 5.19. The first-order valence-corrected chi connectivity index (χ1v) is 6.93. The molecule has 0 spiro atoms. The molecule has 2 rings (SSSR count). The minimum Gasteiger partial charge on any atom is -0.273 e. The van der Waals surface area contributed by atoms with E-state index in [9.17, 15) is 9.59 Å². The van der Waals surface area contributed by atoms with Gasteiger partial charge in [0.2, 0.25) is 11.8 Å². The summed E-state index contributed by atoms with van der Waals surface area (Å²) in [5.41, 5.74) is 0.974. The van der Waals surface area contributed by atoms with E-state index in [-0.39, 0.29) is 17.7 Å². The Hall–Kier alpha value is -2.36. The number of likely N-dealkylation sites (N-methyl/N-ethyl adjacent to an activating group) is 1. The van der Waals surface area contributed by atoms with Gasteiger partial charge in [0, 0.05) is 21.0 Å². The van der Waals surface area contributed by atoms with Gasteiger partial charge < -0.3 is 0 Å². The lowest BCUT2D eigenvalue weighted by molar-refractivity contribution is -0.157. The number of hydrogen-bond acceptors (Lipinski definition) is 2. The van der Waals surface area contributed by atoms with Gasteiger partial charge in [-0.25, -0.2) is 0 Å². The Morgan fingerprint density at radius 1 is 0.952 bits per heavy atom. The highest BCUT2D eigenvalue weighted by Gasteiger charge is 2.24. The van der Waals surface area contributed by atoms with E-state index in [4.69, 9.17) is 0 Å². The Morgan fingerprint density at radius 2 is 1.57 bits per heavy atom. The van der Waals surface area contributed by atoms with Crippen molar-refractivity contribution in [2.45, 2.75) is 19.8 Å². The van der Waals surface area contributed by atoms with Crippen molar-refractivity contribution >= 4 is 22.6 Å². The predicted molar refractivity (Wildman–Crippen MR) is 83.6 cm³/mol. The van der Waals surface area contributed by atoms with Crippen molar-refractivity contribution in [3.8, 4) is 0 Å². The first kappa shape index (κ1) is 15.0. The summed E-state index contributed by atoms with van der Waals surface area (Å²) in [6.45, 7) is 3.31. The molecule has 0 saturated carbocycles. The Morgan fingerprint density at radius 3 is 2.24 bits per heavy atom. The van der Waals surface area contributed by atoms with E-state index in [1.54, 1.807) is 14.1 Å². The number of hydrogen-bond donors (Lipinski definition) is 0. The molecule has 0 bridgehead atoms. The summed E-state index contributed by atoms with van der Waals surface area (Å²) in [7, 11) is 3.21. The number of carbonyl (C=O) groups excluding carboxylic acids is 2. The molecule has 0 aromatic heterocycles. The van der Waals surface area contributed by atoms with Crippen molar-refractivity contribution in [1.82, 2.24) is 10.0 Å². The Labute approximate surface area is 124 Å². The van der Waals surface area contributed by atoms with Crippen LogP contribution in [-0.2, 0) is 9.59 Å². The van der Waals surface area contributed by atoms with Gasteiger partial charge in [0.1, 0.15) is 0 Å². The average molecular weight is 284 g/mol. The topological polar surface area (TPSA) is 40.6 Å². The third-order valence-electron chi connectivity index (χ3n) is 3.88. The lowest BCUT2D eigenvalue weighted by Gasteiger charge is -2.29. The molecule has 21 heavy (non-hydrogen) atoms. The quantitative estimate of drug-likeness (QED) is 0.796. The summed E-state index contributed by atoms with van der Waals surface area (Å²) < 4.78 is 0. The molecular weight excluding hydrogens is 264 g/mol. The second kappa shape index (κ2) is 5.95. The zero-order valence-electron chi connectivity index (χ0n) is 12.8. The zero-order valence-corrected chi connectivity index (χ0v) is 12.8. The van der Waals surface area contributed by atoms with Crippen molar-refractivity contribution in [1.29, 1.82) is 0 Å². The third-order valence-corrected chi connectivity index (χ3v) is 3.88. The van der Waals surface area contributed by atoms with Crippen LogP contribution >= 0.6 is 0 Å². The highest BCUT2D eigenvalue weighted by Crippen LogP contribution is 2.26. The molecule has 2 aromatic rings. The van der Waals surface area contributed by atoms with Gasteiger partial charge >= 0.3 is 0 Å². The van der Waals surface area contributed by atoms with Crippen molar-refractivity contribution in [2.75, 3.05) is 14.1 Å². The Bertz CT molecular complexity index is 676. The molecule has 0 aliphatic carbocycles. The maximum atomic E-state index is 12.6. The zero-order chi connectivity index (χ0) is 15.6. The molecule has 2 aromatic carbocycles. The molecule has 0 saturated heterocycles. The minimum atomic E-state index is -0.317. The fraction of sp³-hybridized carbons (Fsp3) is 0.294. The number of nitrogens with zero attached hydrogens (tertiary/aromatic N) is 2. The van der Waals surface area contributed by atoms with Crippen molar-refractivity contribution < 1.29 is 9.59 Å². The standard InChI is InChI=1S/C17H20N2O2/c1-12(17(21)19(4)18(3)13(2)20)15-11-7-9-14-8-5-6-10-16(14)15/h5-12H,1-4H3. The largest absolute Gasteiger partial charge is 0.273 e. The van der Waals surface area contributed by atoms with Gasteiger partial charge in [0.15, 0.2) is 0 Å². The first-order valence-electron chi connectivity index (χ1n) is 6.93. The van der Waals surface area contributed by atoms with Crippen LogP contribution < -0.4 is 0 Å². The average Bonchev–Trinajstić information content (AvgIpc) is 2.51. The maximum absolute atomic E-state index is 12.6. The fourth-order valence-electron chi connectivity index (χ4n) is 2.40. The summed E-state index contributed by atoms with van der Waals surface area (Å²) in [4.78, 5) is 24.0. The minimum absolute atomic E-state index is 0.107. The summed E-state index contributed by atoms with van der Waals surface area (Å²) in [5, 5.41) is 4.87. The molecule has 110 valence electrons. The molecule has 4 nitrogen and oxygen atoms in total.